The predicted octanol–water partition coefficient (Wildman–Crippen LogP) is 4.18. The average molecular weight is 390 g/mol. The number of guanidine groups is 1. The molecule has 0 bridgehead atoms. The van der Waals surface area contributed by atoms with Crippen molar-refractivity contribution in [1.82, 2.24) is 10.8 Å². The monoisotopic (exact) mass is 389 g/mol. The van der Waals surface area contributed by atoms with Crippen LogP contribution in [0.15, 0.2) is 45.0 Å². The van der Waals surface area contributed by atoms with E-state index in [0.29, 0.717) is 27.1 Å². The molecule has 1 aromatic heterocycles. The van der Waals surface area contributed by atoms with Gasteiger partial charge in [0.1, 0.15) is 11.5 Å². The molecule has 0 radical (unpaired) electrons. The first kappa shape index (κ1) is 20.9. The van der Waals surface area contributed by atoms with Crippen molar-refractivity contribution in [3.8, 4) is 11.3 Å². The van der Waals surface area contributed by atoms with Crippen LogP contribution in [0.25, 0.3) is 11.3 Å². The molecular formula is C15H18Cl2FN5O2. The maximum Gasteiger partial charge on any atom is 0.232 e. The van der Waals surface area contributed by atoms with Crippen molar-refractivity contribution < 1.29 is 13.7 Å². The number of benzene rings is 1. The topological polar surface area (TPSA) is 88.4 Å². The van der Waals surface area contributed by atoms with E-state index in [1.807, 2.05) is 19.3 Å². The maximum absolute atomic E-state index is 12.6. The van der Waals surface area contributed by atoms with E-state index >= 15 is 0 Å². The smallest absolute Gasteiger partial charge is 0.232 e. The van der Waals surface area contributed by atoms with E-state index in [2.05, 4.69) is 15.0 Å². The molecule has 0 fully saturated rings. The Labute approximate surface area is 154 Å². The lowest BCUT2D eigenvalue weighted by molar-refractivity contribution is -0.284. The molecule has 0 spiro atoms. The fourth-order valence-electron chi connectivity index (χ4n) is 1.57. The zero-order valence-electron chi connectivity index (χ0n) is 13.8. The summed E-state index contributed by atoms with van der Waals surface area (Å²) in [6.07, 6.45) is 1.30. The molecule has 1 aromatic carbocycles. The van der Waals surface area contributed by atoms with E-state index in [9.17, 15) is 4.48 Å². The van der Waals surface area contributed by atoms with E-state index in [4.69, 9.17) is 33.4 Å². The Bertz CT molecular complexity index is 736. The highest BCUT2D eigenvalue weighted by molar-refractivity contribution is 6.43. The predicted molar refractivity (Wildman–Crippen MR) is 97.8 cm³/mol. The normalized spacial score (nSPS) is 11.6. The van der Waals surface area contributed by atoms with Crippen LogP contribution in [-0.2, 0) is 4.84 Å². The fraction of sp³-hybridized carbons (Fsp3) is 0.200. The molecule has 0 saturated carbocycles. The van der Waals surface area contributed by atoms with Crippen LogP contribution < -0.4 is 11.2 Å². The van der Waals surface area contributed by atoms with Gasteiger partial charge < -0.3 is 10.2 Å². The molecule has 0 saturated heterocycles. The summed E-state index contributed by atoms with van der Waals surface area (Å²) < 4.78 is 18.2. The molecule has 0 unspecified atom stereocenters. The molecule has 2 aromatic rings. The molecule has 10 heteroatoms. The molecule has 0 aliphatic rings. The number of nitrogens with two attached hydrogens (primary N) is 1. The van der Waals surface area contributed by atoms with Crippen LogP contribution in [0.1, 0.15) is 19.6 Å². The summed E-state index contributed by atoms with van der Waals surface area (Å²) in [5.41, 5.74) is 7.95. The van der Waals surface area contributed by atoms with Gasteiger partial charge in [0.05, 0.1) is 28.8 Å². The third-order valence-corrected chi connectivity index (χ3v) is 3.38. The zero-order valence-corrected chi connectivity index (χ0v) is 15.3. The molecule has 25 heavy (non-hydrogen) atoms. The lowest BCUT2D eigenvalue weighted by Gasteiger charge is -2.07. The maximum atomic E-state index is 12.6. The van der Waals surface area contributed by atoms with Gasteiger partial charge in [0.25, 0.3) is 0 Å². The highest BCUT2D eigenvalue weighted by atomic mass is 35.5. The summed E-state index contributed by atoms with van der Waals surface area (Å²) in [6.45, 7) is 4.00. The summed E-state index contributed by atoms with van der Waals surface area (Å²) in [7, 11) is 1.11. The third-order valence-electron chi connectivity index (χ3n) is 2.56. The summed E-state index contributed by atoms with van der Waals surface area (Å²) in [6, 6.07) is 8.57. The van der Waals surface area contributed by atoms with Gasteiger partial charge in [-0.1, -0.05) is 47.6 Å². The summed E-state index contributed by atoms with van der Waals surface area (Å²) in [4.78, 5) is 4.16. The van der Waals surface area contributed by atoms with Crippen LogP contribution in [0.5, 0.6) is 0 Å². The Morgan fingerprint density at radius 3 is 2.72 bits per heavy atom. The van der Waals surface area contributed by atoms with Gasteiger partial charge in [-0.25, -0.2) is 5.43 Å². The van der Waals surface area contributed by atoms with Crippen molar-refractivity contribution in [2.75, 3.05) is 7.11 Å². The number of nitrogens with one attached hydrogen (secondary N) is 1. The molecule has 7 nitrogen and oxygen atoms in total. The van der Waals surface area contributed by atoms with Crippen LogP contribution in [0, 0.1) is 0 Å². The van der Waals surface area contributed by atoms with Crippen molar-refractivity contribution in [1.29, 1.82) is 0 Å². The first-order valence-corrected chi connectivity index (χ1v) is 7.94. The van der Waals surface area contributed by atoms with Gasteiger partial charge in [-0.15, -0.1) is 5.10 Å². The number of hydrogen-bond acceptors (Lipinski definition) is 5. The van der Waals surface area contributed by atoms with Crippen LogP contribution >= 0.6 is 23.2 Å². The molecule has 0 aliphatic heterocycles. The Hall–Kier alpha value is -2.13. The zero-order chi connectivity index (χ0) is 18.8. The van der Waals surface area contributed by atoms with Crippen LogP contribution in [0.3, 0.4) is 0 Å². The molecule has 0 aliphatic carbocycles. The van der Waals surface area contributed by atoms with Gasteiger partial charge in [0, 0.05) is 5.56 Å². The van der Waals surface area contributed by atoms with Gasteiger partial charge in [0.2, 0.25) is 5.96 Å². The SMILES string of the molecule is CC.CON(F)N/C(N)=N\N=C\c1ccc(-c2cccc(Cl)c2Cl)o1. The van der Waals surface area contributed by atoms with E-state index in [0.717, 1.165) is 7.11 Å². The van der Waals surface area contributed by atoms with Gasteiger partial charge in [0.15, 0.2) is 0 Å². The third kappa shape index (κ3) is 6.35. The first-order chi connectivity index (χ1) is 12.0. The van der Waals surface area contributed by atoms with Crippen molar-refractivity contribution in [2.24, 2.45) is 15.9 Å². The standard InChI is InChI=1S/C13H12Cl2FN5O2.C2H6/c1-22-21(16)20-13(17)19-18-7-8-5-6-11(23-8)9-3-2-4-10(14)12(9)15;1-2/h2-7H,1H3,(H3,17,19,20);1-2H3/b18-7+;. The lowest BCUT2D eigenvalue weighted by atomic mass is 10.2. The summed E-state index contributed by atoms with van der Waals surface area (Å²) in [5, 5.41) is 7.75. The molecule has 136 valence electrons. The highest BCUT2D eigenvalue weighted by Crippen LogP contribution is 2.34. The van der Waals surface area contributed by atoms with Gasteiger partial charge in [-0.3, -0.25) is 4.84 Å². The van der Waals surface area contributed by atoms with Gasteiger partial charge in [-0.2, -0.15) is 5.10 Å². The van der Waals surface area contributed by atoms with Crippen LogP contribution in [-0.4, -0.2) is 24.7 Å². The van der Waals surface area contributed by atoms with E-state index in [-0.39, 0.29) is 11.4 Å². The summed E-state index contributed by atoms with van der Waals surface area (Å²) >= 11 is 12.1. The number of hydrazine groups is 1. The number of furan rings is 1. The van der Waals surface area contributed by atoms with Crippen molar-refractivity contribution in [3.63, 3.8) is 0 Å². The molecule has 2 rings (SSSR count). The Balaban J connectivity index is 0.00000151. The van der Waals surface area contributed by atoms with Crippen LogP contribution in [0.2, 0.25) is 10.0 Å². The van der Waals surface area contributed by atoms with E-state index < -0.39 is 0 Å². The van der Waals surface area contributed by atoms with Crippen molar-refractivity contribution >= 4 is 35.4 Å². The largest absolute Gasteiger partial charge is 0.455 e. The Morgan fingerprint density at radius 1 is 1.32 bits per heavy atom. The fourth-order valence-corrected chi connectivity index (χ4v) is 1.96. The van der Waals surface area contributed by atoms with Gasteiger partial charge in [-0.05, 0) is 24.3 Å². The van der Waals surface area contributed by atoms with Crippen LogP contribution in [0.4, 0.5) is 4.48 Å². The second-order valence-corrected chi connectivity index (χ2v) is 4.86. The number of hydrogen-bond donors (Lipinski definition) is 2. The summed E-state index contributed by atoms with van der Waals surface area (Å²) in [5.74, 6) is 0.607. The second kappa shape index (κ2) is 10.7. The highest BCUT2D eigenvalue weighted by Gasteiger charge is 2.10. The molecule has 0 atom stereocenters. The minimum Gasteiger partial charge on any atom is -0.455 e. The number of rotatable bonds is 5. The number of halogens is 3. The lowest BCUT2D eigenvalue weighted by Crippen LogP contribution is -2.40. The van der Waals surface area contributed by atoms with E-state index in [1.165, 1.54) is 6.21 Å². The molecule has 3 N–H and O–H groups in total. The molecular weight excluding hydrogens is 372 g/mol. The second-order valence-electron chi connectivity index (χ2n) is 4.07. The minimum absolute atomic E-state index is 0.222. The first-order valence-electron chi connectivity index (χ1n) is 7.18. The van der Waals surface area contributed by atoms with E-state index in [1.54, 1.807) is 30.3 Å². The van der Waals surface area contributed by atoms with Gasteiger partial charge >= 0.3 is 0 Å². The molecule has 0 amide bonds. The van der Waals surface area contributed by atoms with Crippen molar-refractivity contribution in [2.45, 2.75) is 13.8 Å². The minimum atomic E-state index is -0.310. The number of nitrogens with zero attached hydrogens (tertiary/aromatic N) is 3. The molecule has 1 heterocycles. The Morgan fingerprint density at radius 2 is 2.04 bits per heavy atom. The average Bonchev–Trinajstić information content (AvgIpc) is 3.07. The van der Waals surface area contributed by atoms with Crippen molar-refractivity contribution in [3.05, 3.63) is 46.1 Å². The quantitative estimate of drug-likeness (QED) is 0.346. The Kier molecular flexibility index (Phi) is 8.93.